The number of ether oxygens (including phenoxy) is 1. The highest BCUT2D eigenvalue weighted by Gasteiger charge is 2.29. The van der Waals surface area contributed by atoms with Crippen LogP contribution in [0.15, 0.2) is 0 Å². The Labute approximate surface area is 112 Å². The van der Waals surface area contributed by atoms with Crippen molar-refractivity contribution in [2.75, 3.05) is 39.9 Å². The Bertz CT molecular complexity index is 233. The summed E-state index contributed by atoms with van der Waals surface area (Å²) in [6, 6.07) is 0.776. The monoisotopic (exact) mass is 254 g/mol. The van der Waals surface area contributed by atoms with Crippen LogP contribution in [0.3, 0.4) is 0 Å². The molecule has 1 heterocycles. The zero-order valence-corrected chi connectivity index (χ0v) is 12.2. The fraction of sp³-hybridized carbons (Fsp3) is 1.00. The van der Waals surface area contributed by atoms with Crippen molar-refractivity contribution in [3.8, 4) is 0 Å². The minimum Gasteiger partial charge on any atom is -0.384 e. The van der Waals surface area contributed by atoms with Crippen molar-refractivity contribution in [3.05, 3.63) is 0 Å². The molecule has 106 valence electrons. The molecule has 3 atom stereocenters. The summed E-state index contributed by atoms with van der Waals surface area (Å²) in [7, 11) is 1.83. The van der Waals surface area contributed by atoms with Crippen LogP contribution in [0, 0.1) is 11.8 Å². The maximum Gasteiger partial charge on any atom is 0.0502 e. The number of rotatable bonds is 6. The number of hydrogen-bond acceptors (Lipinski definition) is 3. The highest BCUT2D eigenvalue weighted by atomic mass is 16.5. The van der Waals surface area contributed by atoms with Gasteiger partial charge in [-0.3, -0.25) is 0 Å². The first-order valence-electron chi connectivity index (χ1n) is 7.78. The summed E-state index contributed by atoms with van der Waals surface area (Å²) in [5, 5.41) is 3.67. The number of likely N-dealkylation sites (tertiary alicyclic amines) is 1. The molecule has 0 aromatic rings. The summed E-state index contributed by atoms with van der Waals surface area (Å²) >= 11 is 0. The van der Waals surface area contributed by atoms with Gasteiger partial charge in [0.1, 0.15) is 0 Å². The van der Waals surface area contributed by atoms with Crippen molar-refractivity contribution in [2.45, 2.75) is 45.1 Å². The predicted molar refractivity (Wildman–Crippen MR) is 75.8 cm³/mol. The van der Waals surface area contributed by atoms with Gasteiger partial charge in [0.15, 0.2) is 0 Å². The SMILES string of the molecule is CCNC1CCCC1CN1CCCC(COC)C1. The number of methoxy groups -OCH3 is 1. The molecule has 0 amide bonds. The Morgan fingerprint density at radius 1 is 1.22 bits per heavy atom. The minimum atomic E-state index is 0.766. The molecule has 0 aromatic heterocycles. The van der Waals surface area contributed by atoms with E-state index in [0.29, 0.717) is 0 Å². The number of nitrogens with zero attached hydrogens (tertiary/aromatic N) is 1. The molecule has 0 spiro atoms. The largest absolute Gasteiger partial charge is 0.384 e. The molecule has 1 N–H and O–H groups in total. The second-order valence-corrected chi connectivity index (χ2v) is 6.08. The normalized spacial score (nSPS) is 34.0. The van der Waals surface area contributed by atoms with E-state index >= 15 is 0 Å². The molecule has 2 rings (SSSR count). The van der Waals surface area contributed by atoms with E-state index in [0.717, 1.165) is 31.0 Å². The topological polar surface area (TPSA) is 24.5 Å². The highest BCUT2D eigenvalue weighted by molar-refractivity contribution is 4.86. The Hall–Kier alpha value is -0.120. The zero-order chi connectivity index (χ0) is 12.8. The van der Waals surface area contributed by atoms with Gasteiger partial charge in [-0.15, -0.1) is 0 Å². The lowest BCUT2D eigenvalue weighted by Crippen LogP contribution is -2.43. The van der Waals surface area contributed by atoms with Crippen LogP contribution in [-0.4, -0.2) is 50.8 Å². The maximum absolute atomic E-state index is 5.32. The smallest absolute Gasteiger partial charge is 0.0502 e. The van der Waals surface area contributed by atoms with E-state index in [9.17, 15) is 0 Å². The first-order valence-corrected chi connectivity index (χ1v) is 7.78. The molecular formula is C15H30N2O. The van der Waals surface area contributed by atoms with E-state index in [2.05, 4.69) is 17.1 Å². The van der Waals surface area contributed by atoms with Crippen LogP contribution in [0.5, 0.6) is 0 Å². The quantitative estimate of drug-likeness (QED) is 0.786. The third-order valence-corrected chi connectivity index (χ3v) is 4.62. The first kappa shape index (κ1) is 14.3. The van der Waals surface area contributed by atoms with Crippen LogP contribution >= 0.6 is 0 Å². The van der Waals surface area contributed by atoms with E-state index in [1.165, 1.54) is 51.7 Å². The molecular weight excluding hydrogens is 224 g/mol. The maximum atomic E-state index is 5.32. The molecule has 1 saturated carbocycles. The van der Waals surface area contributed by atoms with Gasteiger partial charge in [0, 0.05) is 26.2 Å². The van der Waals surface area contributed by atoms with E-state index in [1.807, 2.05) is 7.11 Å². The van der Waals surface area contributed by atoms with E-state index in [4.69, 9.17) is 4.74 Å². The van der Waals surface area contributed by atoms with Crippen LogP contribution in [0.25, 0.3) is 0 Å². The van der Waals surface area contributed by atoms with Gasteiger partial charge in [-0.05, 0) is 50.6 Å². The van der Waals surface area contributed by atoms with Crippen LogP contribution in [-0.2, 0) is 4.74 Å². The van der Waals surface area contributed by atoms with Gasteiger partial charge in [0.25, 0.3) is 0 Å². The van der Waals surface area contributed by atoms with Crippen molar-refractivity contribution in [3.63, 3.8) is 0 Å². The molecule has 18 heavy (non-hydrogen) atoms. The molecule has 0 aromatic carbocycles. The third-order valence-electron chi connectivity index (χ3n) is 4.62. The number of hydrogen-bond donors (Lipinski definition) is 1. The van der Waals surface area contributed by atoms with Crippen LogP contribution in [0.2, 0.25) is 0 Å². The lowest BCUT2D eigenvalue weighted by atomic mass is 9.96. The first-order chi connectivity index (χ1) is 8.83. The van der Waals surface area contributed by atoms with Gasteiger partial charge in [0.05, 0.1) is 6.61 Å². The van der Waals surface area contributed by atoms with Crippen molar-refractivity contribution in [2.24, 2.45) is 11.8 Å². The van der Waals surface area contributed by atoms with Crippen molar-refractivity contribution in [1.29, 1.82) is 0 Å². The van der Waals surface area contributed by atoms with E-state index in [1.54, 1.807) is 0 Å². The molecule has 2 aliphatic rings. The highest BCUT2D eigenvalue weighted by Crippen LogP contribution is 2.28. The average molecular weight is 254 g/mol. The summed E-state index contributed by atoms with van der Waals surface area (Å²) in [5.74, 6) is 1.65. The van der Waals surface area contributed by atoms with Gasteiger partial charge in [-0.1, -0.05) is 13.3 Å². The van der Waals surface area contributed by atoms with Gasteiger partial charge in [-0.25, -0.2) is 0 Å². The van der Waals surface area contributed by atoms with E-state index in [-0.39, 0.29) is 0 Å². The Morgan fingerprint density at radius 3 is 2.89 bits per heavy atom. The van der Waals surface area contributed by atoms with Crippen molar-refractivity contribution in [1.82, 2.24) is 10.2 Å². The lowest BCUT2D eigenvalue weighted by molar-refractivity contribution is 0.0806. The second-order valence-electron chi connectivity index (χ2n) is 6.08. The number of nitrogens with one attached hydrogen (secondary N) is 1. The van der Waals surface area contributed by atoms with Crippen LogP contribution in [0.1, 0.15) is 39.0 Å². The van der Waals surface area contributed by atoms with Gasteiger partial charge in [-0.2, -0.15) is 0 Å². The Balaban J connectivity index is 1.77. The Kier molecular flexibility index (Phi) is 5.93. The number of piperidine rings is 1. The van der Waals surface area contributed by atoms with Gasteiger partial charge in [0.2, 0.25) is 0 Å². The van der Waals surface area contributed by atoms with Crippen LogP contribution in [0.4, 0.5) is 0 Å². The van der Waals surface area contributed by atoms with Gasteiger partial charge < -0.3 is 15.0 Å². The third kappa shape index (κ3) is 3.94. The molecule has 3 heteroatoms. The fourth-order valence-corrected chi connectivity index (χ4v) is 3.81. The predicted octanol–water partition coefficient (Wildman–Crippen LogP) is 2.12. The molecule has 3 nitrogen and oxygen atoms in total. The minimum absolute atomic E-state index is 0.766. The molecule has 3 unspecified atom stereocenters. The Morgan fingerprint density at radius 2 is 2.11 bits per heavy atom. The molecule has 1 aliphatic carbocycles. The fourth-order valence-electron chi connectivity index (χ4n) is 3.81. The van der Waals surface area contributed by atoms with E-state index < -0.39 is 0 Å². The molecule has 0 radical (unpaired) electrons. The van der Waals surface area contributed by atoms with Crippen molar-refractivity contribution >= 4 is 0 Å². The van der Waals surface area contributed by atoms with Gasteiger partial charge >= 0.3 is 0 Å². The van der Waals surface area contributed by atoms with Crippen LogP contribution < -0.4 is 5.32 Å². The molecule has 1 aliphatic heterocycles. The average Bonchev–Trinajstić information content (AvgIpc) is 2.78. The lowest BCUT2D eigenvalue weighted by Gasteiger charge is -2.35. The zero-order valence-electron chi connectivity index (χ0n) is 12.2. The van der Waals surface area contributed by atoms with Crippen molar-refractivity contribution < 1.29 is 4.74 Å². The summed E-state index contributed by atoms with van der Waals surface area (Å²) in [6.07, 6.45) is 6.92. The summed E-state index contributed by atoms with van der Waals surface area (Å²) < 4.78 is 5.32. The standard InChI is InChI=1S/C15H30N2O/c1-3-16-15-8-4-7-14(15)11-17-9-5-6-13(10-17)12-18-2/h13-16H,3-12H2,1-2H3. The molecule has 1 saturated heterocycles. The molecule has 0 bridgehead atoms. The molecule has 2 fully saturated rings. The second kappa shape index (κ2) is 7.46. The summed E-state index contributed by atoms with van der Waals surface area (Å²) in [5.41, 5.74) is 0. The summed E-state index contributed by atoms with van der Waals surface area (Å²) in [6.45, 7) is 8.15. The summed E-state index contributed by atoms with van der Waals surface area (Å²) in [4.78, 5) is 2.69.